The first-order chi connectivity index (χ1) is 9.71. The third-order valence-electron chi connectivity index (χ3n) is 4.06. The van der Waals surface area contributed by atoms with Crippen molar-refractivity contribution in [2.24, 2.45) is 5.92 Å². The van der Waals surface area contributed by atoms with Crippen LogP contribution in [-0.2, 0) is 4.74 Å². The van der Waals surface area contributed by atoms with Gasteiger partial charge in [0.05, 0.1) is 20.3 Å². The van der Waals surface area contributed by atoms with Crippen molar-refractivity contribution in [3.8, 4) is 11.5 Å². The number of benzene rings is 1. The summed E-state index contributed by atoms with van der Waals surface area (Å²) in [5, 5.41) is 3.58. The molecule has 0 spiro atoms. The molecule has 1 aromatic rings. The lowest BCUT2D eigenvalue weighted by molar-refractivity contribution is 0.0952. The molecule has 1 aromatic carbocycles. The van der Waals surface area contributed by atoms with Crippen molar-refractivity contribution in [2.45, 2.75) is 32.4 Å². The molecule has 1 aliphatic rings. The van der Waals surface area contributed by atoms with E-state index in [1.807, 2.05) is 12.1 Å². The van der Waals surface area contributed by atoms with E-state index in [0.29, 0.717) is 5.92 Å². The van der Waals surface area contributed by atoms with Crippen LogP contribution in [0.5, 0.6) is 11.5 Å². The molecule has 3 atom stereocenters. The number of nitrogens with one attached hydrogen (secondary N) is 1. The first-order valence-corrected chi connectivity index (χ1v) is 7.28. The summed E-state index contributed by atoms with van der Waals surface area (Å²) in [6.07, 6.45) is 1.33. The summed E-state index contributed by atoms with van der Waals surface area (Å²) in [6, 6.07) is 6.19. The highest BCUT2D eigenvalue weighted by molar-refractivity contribution is 5.42. The maximum Gasteiger partial charge on any atom is 0.123 e. The van der Waals surface area contributed by atoms with Gasteiger partial charge in [0.15, 0.2) is 0 Å². The first-order valence-electron chi connectivity index (χ1n) is 7.28. The van der Waals surface area contributed by atoms with Gasteiger partial charge in [-0.2, -0.15) is 0 Å². The summed E-state index contributed by atoms with van der Waals surface area (Å²) in [5.41, 5.74) is 1.15. The summed E-state index contributed by atoms with van der Waals surface area (Å²) in [4.78, 5) is 0. The fourth-order valence-corrected chi connectivity index (χ4v) is 2.98. The summed E-state index contributed by atoms with van der Waals surface area (Å²) in [7, 11) is 3.40. The Bertz CT molecular complexity index is 436. The molecule has 0 amide bonds. The summed E-state index contributed by atoms with van der Waals surface area (Å²) in [5.74, 6) is 2.21. The SMILES string of the molecule is CCNC(c1cc(OC)ccc1OC)C1CCOC1C. The molecule has 1 fully saturated rings. The van der Waals surface area contributed by atoms with Crippen LogP contribution in [0.15, 0.2) is 18.2 Å². The molecule has 1 N–H and O–H groups in total. The van der Waals surface area contributed by atoms with E-state index >= 15 is 0 Å². The van der Waals surface area contributed by atoms with E-state index in [9.17, 15) is 0 Å². The van der Waals surface area contributed by atoms with Gasteiger partial charge in [0.2, 0.25) is 0 Å². The van der Waals surface area contributed by atoms with Crippen molar-refractivity contribution in [2.75, 3.05) is 27.4 Å². The number of methoxy groups -OCH3 is 2. The predicted octanol–water partition coefficient (Wildman–Crippen LogP) is 2.78. The Balaban J connectivity index is 2.36. The van der Waals surface area contributed by atoms with Crippen LogP contribution in [0.1, 0.15) is 31.9 Å². The molecule has 1 saturated heterocycles. The molecule has 1 aliphatic heterocycles. The minimum atomic E-state index is 0.225. The van der Waals surface area contributed by atoms with Crippen molar-refractivity contribution in [3.63, 3.8) is 0 Å². The largest absolute Gasteiger partial charge is 0.497 e. The minimum absolute atomic E-state index is 0.225. The van der Waals surface area contributed by atoms with Gasteiger partial charge in [-0.25, -0.2) is 0 Å². The Hall–Kier alpha value is -1.26. The maximum absolute atomic E-state index is 5.73. The molecule has 4 nitrogen and oxygen atoms in total. The van der Waals surface area contributed by atoms with E-state index in [1.165, 1.54) is 0 Å². The van der Waals surface area contributed by atoms with E-state index in [2.05, 4.69) is 25.2 Å². The molecular weight excluding hydrogens is 254 g/mol. The normalized spacial score (nSPS) is 23.6. The van der Waals surface area contributed by atoms with Crippen LogP contribution >= 0.6 is 0 Å². The van der Waals surface area contributed by atoms with Gasteiger partial charge < -0.3 is 19.5 Å². The Kier molecular flexibility index (Phi) is 5.26. The molecule has 0 aromatic heterocycles. The molecule has 112 valence electrons. The monoisotopic (exact) mass is 279 g/mol. The second-order valence-electron chi connectivity index (χ2n) is 5.17. The average Bonchev–Trinajstić information content (AvgIpc) is 2.90. The second kappa shape index (κ2) is 6.95. The van der Waals surface area contributed by atoms with Crippen LogP contribution in [-0.4, -0.2) is 33.5 Å². The van der Waals surface area contributed by atoms with Gasteiger partial charge >= 0.3 is 0 Å². The topological polar surface area (TPSA) is 39.7 Å². The molecular formula is C16H25NO3. The van der Waals surface area contributed by atoms with Gasteiger partial charge in [-0.05, 0) is 38.1 Å². The standard InChI is InChI=1S/C16H25NO3/c1-5-17-16(13-8-9-20-11(13)2)14-10-12(18-3)6-7-15(14)19-4/h6-7,10-11,13,16-17H,5,8-9H2,1-4H3. The molecule has 2 rings (SSSR count). The maximum atomic E-state index is 5.73. The summed E-state index contributed by atoms with van der Waals surface area (Å²) < 4.78 is 16.6. The van der Waals surface area contributed by atoms with Gasteiger partial charge in [-0.3, -0.25) is 0 Å². The zero-order valence-electron chi connectivity index (χ0n) is 12.8. The minimum Gasteiger partial charge on any atom is -0.497 e. The summed E-state index contributed by atoms with van der Waals surface area (Å²) >= 11 is 0. The highest BCUT2D eigenvalue weighted by Gasteiger charge is 2.34. The molecule has 1 heterocycles. The zero-order valence-corrected chi connectivity index (χ0v) is 12.8. The van der Waals surface area contributed by atoms with Crippen LogP contribution in [0, 0.1) is 5.92 Å². The second-order valence-corrected chi connectivity index (χ2v) is 5.17. The number of hydrogen-bond acceptors (Lipinski definition) is 4. The fraction of sp³-hybridized carbons (Fsp3) is 0.625. The van der Waals surface area contributed by atoms with Crippen molar-refractivity contribution < 1.29 is 14.2 Å². The van der Waals surface area contributed by atoms with Crippen LogP contribution in [0.3, 0.4) is 0 Å². The van der Waals surface area contributed by atoms with E-state index in [4.69, 9.17) is 14.2 Å². The fourth-order valence-electron chi connectivity index (χ4n) is 2.98. The van der Waals surface area contributed by atoms with Gasteiger partial charge in [-0.1, -0.05) is 6.92 Å². The van der Waals surface area contributed by atoms with Gasteiger partial charge in [0.1, 0.15) is 11.5 Å². The van der Waals surface area contributed by atoms with E-state index in [-0.39, 0.29) is 12.1 Å². The number of ether oxygens (including phenoxy) is 3. The quantitative estimate of drug-likeness (QED) is 0.869. The van der Waals surface area contributed by atoms with Crippen LogP contribution in [0.4, 0.5) is 0 Å². The van der Waals surface area contributed by atoms with Gasteiger partial charge in [0, 0.05) is 24.1 Å². The Morgan fingerprint density at radius 1 is 1.35 bits per heavy atom. The van der Waals surface area contributed by atoms with Crippen molar-refractivity contribution in [1.29, 1.82) is 0 Å². The van der Waals surface area contributed by atoms with E-state index in [1.54, 1.807) is 14.2 Å². The molecule has 0 bridgehead atoms. The summed E-state index contributed by atoms with van der Waals surface area (Å²) in [6.45, 7) is 6.02. The van der Waals surface area contributed by atoms with Crippen molar-refractivity contribution in [3.05, 3.63) is 23.8 Å². The lowest BCUT2D eigenvalue weighted by atomic mass is 9.87. The Labute approximate surface area is 121 Å². The average molecular weight is 279 g/mol. The zero-order chi connectivity index (χ0) is 14.5. The van der Waals surface area contributed by atoms with Gasteiger partial charge in [-0.15, -0.1) is 0 Å². The Morgan fingerprint density at radius 2 is 2.15 bits per heavy atom. The van der Waals surface area contributed by atoms with Crippen LogP contribution < -0.4 is 14.8 Å². The lowest BCUT2D eigenvalue weighted by Crippen LogP contribution is -2.32. The molecule has 0 radical (unpaired) electrons. The van der Waals surface area contributed by atoms with Gasteiger partial charge in [0.25, 0.3) is 0 Å². The van der Waals surface area contributed by atoms with Crippen LogP contribution in [0.25, 0.3) is 0 Å². The molecule has 20 heavy (non-hydrogen) atoms. The van der Waals surface area contributed by atoms with E-state index < -0.39 is 0 Å². The Morgan fingerprint density at radius 3 is 2.70 bits per heavy atom. The molecule has 0 saturated carbocycles. The van der Waals surface area contributed by atoms with E-state index in [0.717, 1.165) is 36.6 Å². The highest BCUT2D eigenvalue weighted by Crippen LogP contribution is 2.38. The third-order valence-corrected chi connectivity index (χ3v) is 4.06. The smallest absolute Gasteiger partial charge is 0.123 e. The molecule has 4 heteroatoms. The lowest BCUT2D eigenvalue weighted by Gasteiger charge is -2.28. The van der Waals surface area contributed by atoms with Crippen molar-refractivity contribution >= 4 is 0 Å². The third kappa shape index (κ3) is 3.07. The predicted molar refractivity (Wildman–Crippen MR) is 79.5 cm³/mol. The highest BCUT2D eigenvalue weighted by atomic mass is 16.5. The number of rotatable bonds is 6. The van der Waals surface area contributed by atoms with Crippen LogP contribution in [0.2, 0.25) is 0 Å². The molecule has 3 unspecified atom stereocenters. The molecule has 0 aliphatic carbocycles. The number of hydrogen-bond donors (Lipinski definition) is 1. The van der Waals surface area contributed by atoms with Crippen molar-refractivity contribution in [1.82, 2.24) is 5.32 Å². The first kappa shape index (κ1) is 15.1.